The summed E-state index contributed by atoms with van der Waals surface area (Å²) in [6.45, 7) is 6.07. The molecule has 1 atom stereocenters. The molecule has 1 aliphatic rings. The lowest BCUT2D eigenvalue weighted by Crippen LogP contribution is -2.42. The molecule has 0 spiro atoms. The zero-order chi connectivity index (χ0) is 12.2. The van der Waals surface area contributed by atoms with E-state index >= 15 is 0 Å². The number of likely N-dealkylation sites (tertiary alicyclic amines) is 1. The molecule has 94 valence electrons. The molecule has 16 heavy (non-hydrogen) atoms. The van der Waals surface area contributed by atoms with Crippen LogP contribution in [0.15, 0.2) is 5.16 Å². The molecule has 1 heterocycles. The molecule has 1 saturated heterocycles. The van der Waals surface area contributed by atoms with Gasteiger partial charge in [0.2, 0.25) is 0 Å². The van der Waals surface area contributed by atoms with Gasteiger partial charge in [-0.2, -0.15) is 0 Å². The average Bonchev–Trinajstić information content (AvgIpc) is 2.73. The van der Waals surface area contributed by atoms with Gasteiger partial charge in [-0.05, 0) is 39.7 Å². The van der Waals surface area contributed by atoms with Gasteiger partial charge in [-0.3, -0.25) is 4.90 Å². The van der Waals surface area contributed by atoms with Gasteiger partial charge in [-0.25, -0.2) is 0 Å². The minimum absolute atomic E-state index is 0.0951. The number of ether oxygens (including phenoxy) is 1. The van der Waals surface area contributed by atoms with Crippen LogP contribution in [0.4, 0.5) is 0 Å². The highest BCUT2D eigenvalue weighted by Gasteiger charge is 2.29. The summed E-state index contributed by atoms with van der Waals surface area (Å²) in [6.07, 6.45) is 3.02. The van der Waals surface area contributed by atoms with Crippen LogP contribution >= 0.6 is 0 Å². The van der Waals surface area contributed by atoms with E-state index in [4.69, 9.17) is 15.7 Å². The maximum Gasteiger partial charge on any atom is 0.156 e. The fraction of sp³-hybridized carbons (Fsp3) is 0.909. The van der Waals surface area contributed by atoms with Crippen LogP contribution in [0.25, 0.3) is 0 Å². The Morgan fingerprint density at radius 2 is 2.31 bits per heavy atom. The van der Waals surface area contributed by atoms with Gasteiger partial charge >= 0.3 is 0 Å². The number of nitrogens with zero attached hydrogens (tertiary/aromatic N) is 2. The number of nitrogens with two attached hydrogens (primary N) is 1. The lowest BCUT2D eigenvalue weighted by atomic mass is 10.0. The summed E-state index contributed by atoms with van der Waals surface area (Å²) < 4.78 is 5.38. The van der Waals surface area contributed by atoms with Crippen molar-refractivity contribution in [2.24, 2.45) is 10.9 Å². The standard InChI is InChI=1S/C11H23N3O2/c1-11(2,16-3)6-8-14-7-4-5-9(14)10(12)13-15/h9,15H,4-8H2,1-3H3,(H2,12,13). The first-order chi connectivity index (χ1) is 7.50. The second kappa shape index (κ2) is 5.50. The van der Waals surface area contributed by atoms with Crippen LogP contribution in [-0.2, 0) is 4.74 Å². The topological polar surface area (TPSA) is 71.1 Å². The lowest BCUT2D eigenvalue weighted by Gasteiger charge is -2.29. The van der Waals surface area contributed by atoms with Gasteiger partial charge in [0.05, 0.1) is 11.6 Å². The second-order valence-corrected chi connectivity index (χ2v) is 4.93. The van der Waals surface area contributed by atoms with Gasteiger partial charge in [0.15, 0.2) is 5.84 Å². The summed E-state index contributed by atoms with van der Waals surface area (Å²) in [5, 5.41) is 11.8. The molecule has 0 aromatic heterocycles. The van der Waals surface area contributed by atoms with Gasteiger partial charge in [0.1, 0.15) is 0 Å². The van der Waals surface area contributed by atoms with Gasteiger partial charge in [-0.1, -0.05) is 5.16 Å². The molecule has 0 aromatic rings. The molecular weight excluding hydrogens is 206 g/mol. The van der Waals surface area contributed by atoms with Crippen LogP contribution in [0.1, 0.15) is 33.1 Å². The predicted octanol–water partition coefficient (Wildman–Crippen LogP) is 1.01. The minimum Gasteiger partial charge on any atom is -0.409 e. The maximum absolute atomic E-state index is 8.70. The number of hydrogen-bond acceptors (Lipinski definition) is 4. The van der Waals surface area contributed by atoms with Crippen LogP contribution in [0.3, 0.4) is 0 Å². The molecule has 1 rings (SSSR count). The monoisotopic (exact) mass is 229 g/mol. The van der Waals surface area contributed by atoms with Gasteiger partial charge in [-0.15, -0.1) is 0 Å². The normalized spacial score (nSPS) is 23.9. The van der Waals surface area contributed by atoms with Crippen LogP contribution in [0.2, 0.25) is 0 Å². The van der Waals surface area contributed by atoms with E-state index in [1.54, 1.807) is 7.11 Å². The SMILES string of the molecule is COC(C)(C)CCN1CCCC1C(N)=NO. The highest BCUT2D eigenvalue weighted by Crippen LogP contribution is 2.21. The molecule has 1 unspecified atom stereocenters. The molecule has 3 N–H and O–H groups in total. The Labute approximate surface area is 97.2 Å². The summed E-state index contributed by atoms with van der Waals surface area (Å²) >= 11 is 0. The molecule has 0 radical (unpaired) electrons. The minimum atomic E-state index is -0.113. The predicted molar refractivity (Wildman–Crippen MR) is 63.7 cm³/mol. The molecule has 0 bridgehead atoms. The van der Waals surface area contributed by atoms with Crippen LogP contribution in [-0.4, -0.2) is 47.8 Å². The van der Waals surface area contributed by atoms with Crippen LogP contribution in [0, 0.1) is 0 Å². The average molecular weight is 229 g/mol. The summed E-state index contributed by atoms with van der Waals surface area (Å²) in [5.41, 5.74) is 5.55. The third kappa shape index (κ3) is 3.35. The van der Waals surface area contributed by atoms with E-state index < -0.39 is 0 Å². The second-order valence-electron chi connectivity index (χ2n) is 4.93. The third-order valence-electron chi connectivity index (χ3n) is 3.37. The summed E-state index contributed by atoms with van der Waals surface area (Å²) in [6, 6.07) is 0.0951. The number of oxime groups is 1. The molecular formula is C11H23N3O2. The molecule has 5 heteroatoms. The zero-order valence-corrected chi connectivity index (χ0v) is 10.4. The highest BCUT2D eigenvalue weighted by atomic mass is 16.5. The van der Waals surface area contributed by atoms with Crippen molar-refractivity contribution in [2.75, 3.05) is 20.2 Å². The van der Waals surface area contributed by atoms with E-state index in [0.717, 1.165) is 32.4 Å². The molecule has 1 aliphatic heterocycles. The first-order valence-electron chi connectivity index (χ1n) is 5.77. The Balaban J connectivity index is 2.48. The molecule has 0 saturated carbocycles. The van der Waals surface area contributed by atoms with Crippen molar-refractivity contribution in [3.8, 4) is 0 Å². The highest BCUT2D eigenvalue weighted by molar-refractivity contribution is 5.85. The Morgan fingerprint density at radius 3 is 2.88 bits per heavy atom. The quantitative estimate of drug-likeness (QED) is 0.319. The van der Waals surface area contributed by atoms with Crippen molar-refractivity contribution in [3.63, 3.8) is 0 Å². The Kier molecular flexibility index (Phi) is 4.56. The fourth-order valence-electron chi connectivity index (χ4n) is 2.01. The zero-order valence-electron chi connectivity index (χ0n) is 10.4. The molecule has 1 fully saturated rings. The van der Waals surface area contributed by atoms with E-state index in [-0.39, 0.29) is 11.6 Å². The van der Waals surface area contributed by atoms with Crippen molar-refractivity contribution < 1.29 is 9.94 Å². The van der Waals surface area contributed by atoms with Crippen molar-refractivity contribution in [1.82, 2.24) is 4.90 Å². The smallest absolute Gasteiger partial charge is 0.156 e. The summed E-state index contributed by atoms with van der Waals surface area (Å²) in [4.78, 5) is 2.26. The third-order valence-corrected chi connectivity index (χ3v) is 3.37. The fourth-order valence-corrected chi connectivity index (χ4v) is 2.01. The summed E-state index contributed by atoms with van der Waals surface area (Å²) in [5.74, 6) is 0.327. The van der Waals surface area contributed by atoms with E-state index in [0.29, 0.717) is 5.84 Å². The first kappa shape index (κ1) is 13.3. The van der Waals surface area contributed by atoms with Crippen LogP contribution < -0.4 is 5.73 Å². The molecule has 0 aromatic carbocycles. The number of hydrogen-bond donors (Lipinski definition) is 2. The molecule has 0 amide bonds. The lowest BCUT2D eigenvalue weighted by molar-refractivity contribution is 0.00791. The van der Waals surface area contributed by atoms with Crippen molar-refractivity contribution in [2.45, 2.75) is 44.8 Å². The maximum atomic E-state index is 8.70. The van der Waals surface area contributed by atoms with Crippen molar-refractivity contribution >= 4 is 5.84 Å². The number of rotatable bonds is 5. The van der Waals surface area contributed by atoms with Gasteiger partial charge < -0.3 is 15.7 Å². The first-order valence-corrected chi connectivity index (χ1v) is 5.77. The van der Waals surface area contributed by atoms with Gasteiger partial charge in [0, 0.05) is 13.7 Å². The van der Waals surface area contributed by atoms with Crippen molar-refractivity contribution in [3.05, 3.63) is 0 Å². The Bertz CT molecular complexity index is 254. The van der Waals surface area contributed by atoms with Crippen LogP contribution in [0.5, 0.6) is 0 Å². The van der Waals surface area contributed by atoms with E-state index in [9.17, 15) is 0 Å². The van der Waals surface area contributed by atoms with E-state index in [1.807, 2.05) is 0 Å². The Morgan fingerprint density at radius 1 is 1.62 bits per heavy atom. The summed E-state index contributed by atoms with van der Waals surface area (Å²) in [7, 11) is 1.73. The van der Waals surface area contributed by atoms with E-state index in [1.165, 1.54) is 0 Å². The largest absolute Gasteiger partial charge is 0.409 e. The van der Waals surface area contributed by atoms with Gasteiger partial charge in [0.25, 0.3) is 0 Å². The Hall–Kier alpha value is -0.810. The molecule has 5 nitrogen and oxygen atoms in total. The number of amidine groups is 1. The van der Waals surface area contributed by atoms with Crippen molar-refractivity contribution in [1.29, 1.82) is 0 Å². The molecule has 0 aliphatic carbocycles. The van der Waals surface area contributed by atoms with E-state index in [2.05, 4.69) is 23.9 Å². The number of methoxy groups -OCH3 is 1.